The van der Waals surface area contributed by atoms with E-state index in [1.165, 1.54) is 19.1 Å². The van der Waals surface area contributed by atoms with Crippen molar-refractivity contribution in [2.24, 2.45) is 17.8 Å². The maximum Gasteiger partial charge on any atom is 0.407 e. The SMILES string of the molecule is C=C([C@@H](NC(=O)OC)C(C)C)N1C[C@H](F)C[C@H]1c1ncc(-c2ccc3c(c2)OC(C2CC2)C2=C3COc3cc(-c4cnc([C@@H]5C[C@@H](F)CN5C(=O)[C@@H](NC(=O)OC)C(C)C)[nH]4)ccc32)[nH]1. The van der Waals surface area contributed by atoms with E-state index in [1.54, 1.807) is 12.4 Å². The van der Waals surface area contributed by atoms with Gasteiger partial charge in [0.25, 0.3) is 0 Å². The number of carbonyl (C=O) groups excluding carboxylic acids is 3. The average molecular weight is 895 g/mol. The Morgan fingerprint density at radius 3 is 1.89 bits per heavy atom. The minimum absolute atomic E-state index is 0.0120. The summed E-state index contributed by atoms with van der Waals surface area (Å²) in [5.41, 5.74) is 7.85. The van der Waals surface area contributed by atoms with Gasteiger partial charge in [0, 0.05) is 64.4 Å². The van der Waals surface area contributed by atoms with E-state index in [0.29, 0.717) is 41.3 Å². The molecule has 0 bridgehead atoms. The maximum atomic E-state index is 15.1. The molecule has 6 heterocycles. The molecule has 1 saturated carbocycles. The monoisotopic (exact) mass is 894 g/mol. The van der Waals surface area contributed by atoms with E-state index in [9.17, 15) is 18.8 Å². The largest absolute Gasteiger partial charge is 0.488 e. The van der Waals surface area contributed by atoms with Crippen molar-refractivity contribution in [3.63, 3.8) is 0 Å². The number of likely N-dealkylation sites (tertiary alicyclic amines) is 2. The van der Waals surface area contributed by atoms with Crippen molar-refractivity contribution >= 4 is 29.2 Å². The second-order valence-electron chi connectivity index (χ2n) is 18.4. The number of imidazole rings is 2. The van der Waals surface area contributed by atoms with Gasteiger partial charge >= 0.3 is 12.2 Å². The van der Waals surface area contributed by atoms with Gasteiger partial charge in [-0.15, -0.1) is 0 Å². The number of fused-ring (bicyclic) bond motifs is 4. The van der Waals surface area contributed by atoms with Crippen molar-refractivity contribution in [1.82, 2.24) is 40.4 Å². The Bertz CT molecular complexity index is 2530. The van der Waals surface area contributed by atoms with Crippen LogP contribution < -0.4 is 20.1 Å². The Labute approximate surface area is 376 Å². The number of nitrogens with zero attached hydrogens (tertiary/aromatic N) is 4. The number of rotatable bonds is 12. The third-order valence-electron chi connectivity index (χ3n) is 13.3. The second-order valence-corrected chi connectivity index (χ2v) is 18.4. The predicted molar refractivity (Wildman–Crippen MR) is 238 cm³/mol. The smallest absolute Gasteiger partial charge is 0.407 e. The Hall–Kier alpha value is -6.39. The first-order chi connectivity index (χ1) is 31.2. The van der Waals surface area contributed by atoms with Gasteiger partial charge in [-0.05, 0) is 36.8 Å². The minimum atomic E-state index is -1.25. The van der Waals surface area contributed by atoms with E-state index in [2.05, 4.69) is 44.3 Å². The van der Waals surface area contributed by atoms with Crippen molar-refractivity contribution in [2.75, 3.05) is 33.9 Å². The molecule has 2 aromatic carbocycles. The maximum absolute atomic E-state index is 15.1. The van der Waals surface area contributed by atoms with Crippen LogP contribution in [-0.2, 0) is 14.3 Å². The number of aromatic nitrogens is 4. The van der Waals surface area contributed by atoms with Gasteiger partial charge in [0.1, 0.15) is 54.2 Å². The lowest BCUT2D eigenvalue weighted by Gasteiger charge is -2.35. The zero-order valence-corrected chi connectivity index (χ0v) is 37.5. The molecule has 4 aliphatic heterocycles. The van der Waals surface area contributed by atoms with Gasteiger partial charge in [-0.3, -0.25) is 4.79 Å². The summed E-state index contributed by atoms with van der Waals surface area (Å²) in [5, 5.41) is 5.45. The van der Waals surface area contributed by atoms with Gasteiger partial charge in [-0.25, -0.2) is 28.3 Å². The van der Waals surface area contributed by atoms with Gasteiger partial charge in [0.15, 0.2) is 0 Å². The molecule has 2 saturated heterocycles. The molecule has 17 heteroatoms. The molecule has 9 rings (SSSR count). The van der Waals surface area contributed by atoms with E-state index in [4.69, 9.17) is 23.9 Å². The van der Waals surface area contributed by atoms with Crippen LogP contribution in [0.15, 0.2) is 61.1 Å². The quantitative estimate of drug-likeness (QED) is 0.109. The molecule has 344 valence electrons. The summed E-state index contributed by atoms with van der Waals surface area (Å²) in [7, 11) is 2.54. The number of methoxy groups -OCH3 is 2. The van der Waals surface area contributed by atoms with Gasteiger partial charge in [0.05, 0.1) is 62.7 Å². The fourth-order valence-corrected chi connectivity index (χ4v) is 9.76. The number of H-pyrrole nitrogens is 2. The van der Waals surface area contributed by atoms with Crippen LogP contribution in [0, 0.1) is 17.8 Å². The van der Waals surface area contributed by atoms with Gasteiger partial charge in [-0.2, -0.15) is 0 Å². The van der Waals surface area contributed by atoms with E-state index < -0.39 is 54.6 Å². The summed E-state index contributed by atoms with van der Waals surface area (Å²) < 4.78 is 53.0. The second kappa shape index (κ2) is 17.5. The Balaban J connectivity index is 0.954. The first kappa shape index (κ1) is 43.8. The van der Waals surface area contributed by atoms with E-state index in [0.717, 1.165) is 57.7 Å². The zero-order chi connectivity index (χ0) is 45.8. The Morgan fingerprint density at radius 2 is 1.32 bits per heavy atom. The van der Waals surface area contributed by atoms with Crippen LogP contribution in [0.4, 0.5) is 18.4 Å². The normalized spacial score (nSPS) is 23.3. The number of hydrogen-bond donors (Lipinski definition) is 4. The van der Waals surface area contributed by atoms with Crippen LogP contribution >= 0.6 is 0 Å². The number of halogens is 2. The summed E-state index contributed by atoms with van der Waals surface area (Å²) in [6.45, 7) is 12.2. The number of nitrogens with one attached hydrogen (secondary N) is 4. The summed E-state index contributed by atoms with van der Waals surface area (Å²) in [6.07, 6.45) is 2.04. The zero-order valence-electron chi connectivity index (χ0n) is 37.5. The number of aromatic amines is 2. The molecule has 1 unspecified atom stereocenters. The first-order valence-electron chi connectivity index (χ1n) is 22.4. The lowest BCUT2D eigenvalue weighted by atomic mass is 9.84. The van der Waals surface area contributed by atoms with Crippen molar-refractivity contribution < 1.29 is 42.1 Å². The van der Waals surface area contributed by atoms with Crippen LogP contribution in [0.1, 0.15) is 88.2 Å². The van der Waals surface area contributed by atoms with Crippen molar-refractivity contribution in [2.45, 2.75) is 96.0 Å². The molecular weight excluding hydrogens is 839 g/mol. The molecule has 0 spiro atoms. The highest BCUT2D eigenvalue weighted by Gasteiger charge is 2.45. The molecule has 15 nitrogen and oxygen atoms in total. The highest BCUT2D eigenvalue weighted by molar-refractivity contribution is 6.00. The summed E-state index contributed by atoms with van der Waals surface area (Å²) in [5.74, 6) is 2.23. The lowest BCUT2D eigenvalue weighted by molar-refractivity contribution is -0.135. The summed E-state index contributed by atoms with van der Waals surface area (Å²) >= 11 is 0. The molecule has 65 heavy (non-hydrogen) atoms. The molecule has 3 amide bonds. The van der Waals surface area contributed by atoms with Crippen LogP contribution in [0.3, 0.4) is 0 Å². The predicted octanol–water partition coefficient (Wildman–Crippen LogP) is 7.91. The highest BCUT2D eigenvalue weighted by Crippen LogP contribution is 2.53. The number of ether oxygens (including phenoxy) is 4. The number of hydrogen-bond acceptors (Lipinski definition) is 10. The molecule has 2 aromatic heterocycles. The third kappa shape index (κ3) is 8.40. The van der Waals surface area contributed by atoms with E-state index in [-0.39, 0.29) is 43.9 Å². The molecule has 3 fully saturated rings. The molecule has 5 aliphatic rings. The van der Waals surface area contributed by atoms with Crippen LogP contribution in [0.5, 0.6) is 11.5 Å². The molecule has 1 aliphatic carbocycles. The number of alkyl carbamates (subject to hydrolysis) is 2. The fourth-order valence-electron chi connectivity index (χ4n) is 9.76. The molecule has 4 N–H and O–H groups in total. The van der Waals surface area contributed by atoms with Crippen LogP contribution in [0.25, 0.3) is 33.7 Å². The van der Waals surface area contributed by atoms with Gasteiger partial charge in [0.2, 0.25) is 5.91 Å². The van der Waals surface area contributed by atoms with E-state index >= 15 is 4.39 Å². The fraction of sp³-hybridized carbons (Fsp3) is 0.479. The average Bonchev–Trinajstić information content (AvgIpc) is 3.62. The lowest BCUT2D eigenvalue weighted by Crippen LogP contribution is -2.51. The number of carbonyl (C=O) groups is 3. The number of benzene rings is 2. The Kier molecular flexibility index (Phi) is 11.8. The van der Waals surface area contributed by atoms with Crippen LogP contribution in [0.2, 0.25) is 0 Å². The number of amides is 3. The molecular formula is C48H56F2N8O7. The molecule has 7 atom stereocenters. The van der Waals surface area contributed by atoms with Crippen LogP contribution in [-0.4, -0.2) is 112 Å². The van der Waals surface area contributed by atoms with Gasteiger partial charge in [-0.1, -0.05) is 58.5 Å². The van der Waals surface area contributed by atoms with Crippen molar-refractivity contribution in [3.8, 4) is 34.0 Å². The highest BCUT2D eigenvalue weighted by atomic mass is 19.1. The van der Waals surface area contributed by atoms with Gasteiger partial charge < -0.3 is 49.3 Å². The van der Waals surface area contributed by atoms with E-state index in [1.807, 2.05) is 56.9 Å². The minimum Gasteiger partial charge on any atom is -0.488 e. The molecule has 0 radical (unpaired) electrons. The summed E-state index contributed by atoms with van der Waals surface area (Å²) in [6, 6.07) is 9.76. The topological polar surface area (TPSA) is 176 Å². The third-order valence-corrected chi connectivity index (χ3v) is 13.3. The summed E-state index contributed by atoms with van der Waals surface area (Å²) in [4.78, 5) is 57.4. The first-order valence-corrected chi connectivity index (χ1v) is 22.4. The van der Waals surface area contributed by atoms with Crippen molar-refractivity contribution in [1.29, 1.82) is 0 Å². The number of alkyl halides is 2. The Morgan fingerprint density at radius 1 is 0.785 bits per heavy atom. The van der Waals surface area contributed by atoms with Crippen molar-refractivity contribution in [3.05, 3.63) is 83.8 Å². The standard InChI is InChI=1S/C48H56F2N8O7/c1-23(2)41(55-47(60)62-6)25(5)57-20-29(49)16-36(57)44-51-19-35(53-44)28-10-12-31-33-22-64-38-14-27(11-13-32(38)40(33)43(26-8-9-26)65-39(31)15-28)34-18-52-45(54-34)37-17-30(50)21-58(37)46(59)42(24(3)4)56-48(61)63-7/h10-15,18-19,23-24,26,29-30,36-37,41-43H,5,8-9,16-17,20-22H2,1-4,6-7H3,(H,51,53)(H,52,54)(H,55,60)(H,56,61)/t29-,30-,36+,37+,41+,42+,43?/m1/s1. The molecule has 4 aromatic rings.